The maximum Gasteiger partial charge on any atom is 0.241 e. The third-order valence-corrected chi connectivity index (χ3v) is 6.62. The number of amides is 2. The van der Waals surface area contributed by atoms with E-state index in [0.717, 1.165) is 45.2 Å². The van der Waals surface area contributed by atoms with Crippen LogP contribution in [0.5, 0.6) is 0 Å². The Labute approximate surface area is 148 Å². The summed E-state index contributed by atoms with van der Waals surface area (Å²) in [5.74, 6) is 0.734. The van der Waals surface area contributed by atoms with Crippen molar-refractivity contribution in [1.82, 2.24) is 10.2 Å². The van der Waals surface area contributed by atoms with E-state index >= 15 is 0 Å². The van der Waals surface area contributed by atoms with E-state index in [1.165, 1.54) is 5.56 Å². The highest BCUT2D eigenvalue weighted by atomic mass is 32.2. The van der Waals surface area contributed by atoms with Crippen molar-refractivity contribution < 1.29 is 9.59 Å². The normalized spacial score (nSPS) is 19.8. The minimum atomic E-state index is -0.247. The van der Waals surface area contributed by atoms with Crippen LogP contribution in [0, 0.1) is 5.92 Å². The van der Waals surface area contributed by atoms with Gasteiger partial charge in [0.1, 0.15) is 0 Å². The molecule has 2 amide bonds. The maximum absolute atomic E-state index is 12.3. The Balaban J connectivity index is 1.40. The van der Waals surface area contributed by atoms with Gasteiger partial charge in [-0.15, -0.1) is 11.8 Å². The second-order valence-electron chi connectivity index (χ2n) is 6.89. The number of nitrogens with zero attached hydrogens (tertiary/aromatic N) is 1. The van der Waals surface area contributed by atoms with Crippen LogP contribution in [0.3, 0.4) is 0 Å². The molecular formula is C19H26N2O2S. The number of hydrogen-bond donors (Lipinski definition) is 1. The molecule has 1 aromatic rings. The molecule has 5 heteroatoms. The SMILES string of the molecule is CSC1(C(=O)NCC(=O)N2CCC(Cc3ccccc3)CC2)CC1. The molecule has 0 unspecified atom stereocenters. The molecule has 24 heavy (non-hydrogen) atoms. The van der Waals surface area contributed by atoms with E-state index in [9.17, 15) is 9.59 Å². The number of thioether (sulfide) groups is 1. The predicted molar refractivity (Wildman–Crippen MR) is 97.9 cm³/mol. The fourth-order valence-corrected chi connectivity index (χ4v) is 4.17. The van der Waals surface area contributed by atoms with Crippen LogP contribution in [0.4, 0.5) is 0 Å². The fraction of sp³-hybridized carbons (Fsp3) is 0.579. The average molecular weight is 346 g/mol. The van der Waals surface area contributed by atoms with Gasteiger partial charge < -0.3 is 10.2 Å². The van der Waals surface area contributed by atoms with Gasteiger partial charge in [0.15, 0.2) is 0 Å². The molecule has 0 radical (unpaired) electrons. The molecule has 2 aliphatic rings. The Morgan fingerprint density at radius 2 is 1.88 bits per heavy atom. The molecule has 1 saturated heterocycles. The Morgan fingerprint density at radius 3 is 2.46 bits per heavy atom. The van der Waals surface area contributed by atoms with Crippen molar-refractivity contribution in [2.24, 2.45) is 5.92 Å². The van der Waals surface area contributed by atoms with Crippen LogP contribution in [0.15, 0.2) is 30.3 Å². The van der Waals surface area contributed by atoms with Crippen molar-refractivity contribution in [3.63, 3.8) is 0 Å². The molecule has 1 heterocycles. The molecule has 1 saturated carbocycles. The summed E-state index contributed by atoms with van der Waals surface area (Å²) in [6.45, 7) is 1.75. The Bertz CT molecular complexity index is 578. The van der Waals surface area contributed by atoms with E-state index in [1.807, 2.05) is 17.2 Å². The lowest BCUT2D eigenvalue weighted by Gasteiger charge is -2.32. The summed E-state index contributed by atoms with van der Waals surface area (Å²) in [4.78, 5) is 26.3. The summed E-state index contributed by atoms with van der Waals surface area (Å²) >= 11 is 1.60. The Kier molecular flexibility index (Phi) is 5.49. The number of benzene rings is 1. The monoisotopic (exact) mass is 346 g/mol. The smallest absolute Gasteiger partial charge is 0.241 e. The third-order valence-electron chi connectivity index (χ3n) is 5.24. The van der Waals surface area contributed by atoms with E-state index in [-0.39, 0.29) is 23.1 Å². The average Bonchev–Trinajstić information content (AvgIpc) is 3.42. The predicted octanol–water partition coefficient (Wildman–Crippen LogP) is 2.48. The van der Waals surface area contributed by atoms with Crippen molar-refractivity contribution in [1.29, 1.82) is 0 Å². The number of piperidine rings is 1. The minimum absolute atomic E-state index is 0.0299. The maximum atomic E-state index is 12.3. The zero-order valence-electron chi connectivity index (χ0n) is 14.3. The van der Waals surface area contributed by atoms with Crippen LogP contribution in [-0.4, -0.2) is 47.4 Å². The number of carbonyl (C=O) groups excluding carboxylic acids is 2. The Hall–Kier alpha value is -1.49. The lowest BCUT2D eigenvalue weighted by molar-refractivity contribution is -0.134. The first-order valence-corrected chi connectivity index (χ1v) is 10.0. The zero-order chi connectivity index (χ0) is 17.0. The van der Waals surface area contributed by atoms with E-state index < -0.39 is 0 Å². The molecule has 1 aliphatic carbocycles. The molecule has 1 N–H and O–H groups in total. The van der Waals surface area contributed by atoms with E-state index in [4.69, 9.17) is 0 Å². The summed E-state index contributed by atoms with van der Waals surface area (Å²) in [5.41, 5.74) is 1.38. The van der Waals surface area contributed by atoms with Crippen molar-refractivity contribution in [2.75, 3.05) is 25.9 Å². The zero-order valence-corrected chi connectivity index (χ0v) is 15.1. The topological polar surface area (TPSA) is 49.4 Å². The molecule has 3 rings (SSSR count). The molecular weight excluding hydrogens is 320 g/mol. The van der Waals surface area contributed by atoms with Gasteiger partial charge in [-0.2, -0.15) is 0 Å². The van der Waals surface area contributed by atoms with E-state index in [2.05, 4.69) is 29.6 Å². The van der Waals surface area contributed by atoms with Crippen LogP contribution in [0.2, 0.25) is 0 Å². The van der Waals surface area contributed by atoms with Gasteiger partial charge in [0, 0.05) is 13.1 Å². The van der Waals surface area contributed by atoms with Gasteiger partial charge in [-0.25, -0.2) is 0 Å². The number of hydrogen-bond acceptors (Lipinski definition) is 3. The molecule has 0 spiro atoms. The largest absolute Gasteiger partial charge is 0.346 e. The molecule has 130 valence electrons. The molecule has 2 fully saturated rings. The first-order chi connectivity index (χ1) is 11.6. The van der Waals surface area contributed by atoms with Gasteiger partial charge in [0.05, 0.1) is 11.3 Å². The third kappa shape index (κ3) is 4.12. The summed E-state index contributed by atoms with van der Waals surface area (Å²) in [6.07, 6.45) is 7.01. The van der Waals surface area contributed by atoms with Gasteiger partial charge >= 0.3 is 0 Å². The summed E-state index contributed by atoms with van der Waals surface area (Å²) in [7, 11) is 0. The highest BCUT2D eigenvalue weighted by Crippen LogP contribution is 2.47. The van der Waals surface area contributed by atoms with Crippen LogP contribution < -0.4 is 5.32 Å². The fourth-order valence-electron chi connectivity index (χ4n) is 3.40. The van der Waals surface area contributed by atoms with Crippen LogP contribution >= 0.6 is 11.8 Å². The molecule has 0 bridgehead atoms. The Morgan fingerprint density at radius 1 is 1.21 bits per heavy atom. The summed E-state index contributed by atoms with van der Waals surface area (Å²) < 4.78 is -0.247. The number of rotatable bonds is 6. The number of carbonyl (C=O) groups is 2. The molecule has 1 aliphatic heterocycles. The van der Waals surface area contributed by atoms with Crippen LogP contribution in [0.1, 0.15) is 31.2 Å². The summed E-state index contributed by atoms with van der Waals surface area (Å²) in [6, 6.07) is 10.6. The first kappa shape index (κ1) is 17.3. The van der Waals surface area contributed by atoms with Crippen molar-refractivity contribution >= 4 is 23.6 Å². The quantitative estimate of drug-likeness (QED) is 0.861. The minimum Gasteiger partial charge on any atom is -0.346 e. The van der Waals surface area contributed by atoms with Crippen LogP contribution in [0.25, 0.3) is 0 Å². The lowest BCUT2D eigenvalue weighted by atomic mass is 9.90. The van der Waals surface area contributed by atoms with E-state index in [0.29, 0.717) is 5.92 Å². The molecule has 0 atom stereocenters. The standard InChI is InChI=1S/C19H26N2O2S/c1-24-19(9-10-19)18(23)20-14-17(22)21-11-7-16(8-12-21)13-15-5-3-2-4-6-15/h2-6,16H,7-14H2,1H3,(H,20,23). The van der Waals surface area contributed by atoms with Gasteiger partial charge in [0.2, 0.25) is 11.8 Å². The second kappa shape index (κ2) is 7.60. The molecule has 0 aromatic heterocycles. The van der Waals surface area contributed by atoms with Gasteiger partial charge in [-0.05, 0) is 49.8 Å². The van der Waals surface area contributed by atoms with Crippen molar-refractivity contribution in [3.8, 4) is 0 Å². The number of nitrogens with one attached hydrogen (secondary N) is 1. The molecule has 4 nitrogen and oxygen atoms in total. The highest BCUT2D eigenvalue weighted by molar-refractivity contribution is 8.01. The first-order valence-electron chi connectivity index (χ1n) is 8.78. The number of likely N-dealkylation sites (tertiary alicyclic amines) is 1. The van der Waals surface area contributed by atoms with Crippen LogP contribution in [-0.2, 0) is 16.0 Å². The summed E-state index contributed by atoms with van der Waals surface area (Å²) in [5, 5.41) is 2.83. The highest BCUT2D eigenvalue weighted by Gasteiger charge is 2.49. The van der Waals surface area contributed by atoms with Crippen molar-refractivity contribution in [2.45, 2.75) is 36.9 Å². The van der Waals surface area contributed by atoms with Gasteiger partial charge in [-0.3, -0.25) is 9.59 Å². The van der Waals surface area contributed by atoms with E-state index in [1.54, 1.807) is 11.8 Å². The second-order valence-corrected chi connectivity index (χ2v) is 8.08. The van der Waals surface area contributed by atoms with Crippen molar-refractivity contribution in [3.05, 3.63) is 35.9 Å². The molecule has 1 aromatic carbocycles. The lowest BCUT2D eigenvalue weighted by Crippen LogP contribution is -2.46. The van der Waals surface area contributed by atoms with Gasteiger partial charge in [0.25, 0.3) is 0 Å². The van der Waals surface area contributed by atoms with Gasteiger partial charge in [-0.1, -0.05) is 30.3 Å².